The molecule has 3 aliphatic heterocycles. The highest BCUT2D eigenvalue weighted by Crippen LogP contribution is 2.44. The number of carbonyl (C=O) groups is 2. The highest BCUT2D eigenvalue weighted by Gasteiger charge is 2.53. The Hall–Kier alpha value is -2.85. The van der Waals surface area contributed by atoms with E-state index >= 15 is 0 Å². The molecule has 0 aliphatic carbocycles. The predicted octanol–water partition coefficient (Wildman–Crippen LogP) is 1.82. The molecule has 10 heteroatoms. The highest BCUT2D eigenvalue weighted by atomic mass is 19.1. The molecular weight excluding hydrogens is 417 g/mol. The van der Waals surface area contributed by atoms with Crippen LogP contribution in [0.2, 0.25) is 0 Å². The Morgan fingerprint density at radius 1 is 1.32 bits per heavy atom. The first-order chi connectivity index (χ1) is 14.6. The lowest BCUT2D eigenvalue weighted by molar-refractivity contribution is -0.151. The van der Waals surface area contributed by atoms with E-state index in [1.54, 1.807) is 6.92 Å². The minimum Gasteiger partial charge on any atom is -0.507 e. The number of fused-ring (bicyclic) bond motifs is 2. The normalized spacial score (nSPS) is 28.1. The molecule has 3 aliphatic rings. The lowest BCUT2D eigenvalue weighted by Gasteiger charge is -2.48. The monoisotopic (exact) mass is 438 g/mol. The van der Waals surface area contributed by atoms with Gasteiger partial charge in [0, 0.05) is 37.0 Å². The van der Waals surface area contributed by atoms with Crippen LogP contribution < -0.4 is 5.32 Å². The number of nitrogens with zero attached hydrogens (tertiary/aromatic N) is 1. The molecule has 0 spiro atoms. The summed E-state index contributed by atoms with van der Waals surface area (Å²) in [6.45, 7) is 1.81. The van der Waals surface area contributed by atoms with Gasteiger partial charge < -0.3 is 25.2 Å². The van der Waals surface area contributed by atoms with Crippen LogP contribution in [-0.2, 0) is 20.9 Å². The molecule has 2 fully saturated rings. The number of benzene rings is 1. The SMILES string of the molecule is C[C@@]12CCCO[C@@H]1CN1C=C(C(=O)NCc3c(F)cc(F)cc3F)C(O)C(O)=C1C2=O. The zero-order chi connectivity index (χ0) is 22.5. The topological polar surface area (TPSA) is 99.1 Å². The molecule has 31 heavy (non-hydrogen) atoms. The third-order valence-electron chi connectivity index (χ3n) is 6.14. The molecule has 7 nitrogen and oxygen atoms in total. The maximum atomic E-state index is 13.8. The fourth-order valence-corrected chi connectivity index (χ4v) is 4.29. The summed E-state index contributed by atoms with van der Waals surface area (Å²) in [6, 6.07) is 0.974. The zero-order valence-electron chi connectivity index (χ0n) is 16.6. The largest absolute Gasteiger partial charge is 0.507 e. The van der Waals surface area contributed by atoms with E-state index in [1.165, 1.54) is 11.1 Å². The third-order valence-corrected chi connectivity index (χ3v) is 6.14. The number of aliphatic hydroxyl groups is 2. The lowest BCUT2D eigenvalue weighted by atomic mass is 9.70. The van der Waals surface area contributed by atoms with E-state index in [9.17, 15) is 33.0 Å². The van der Waals surface area contributed by atoms with Gasteiger partial charge in [-0.2, -0.15) is 0 Å². The number of ketones is 1. The van der Waals surface area contributed by atoms with Gasteiger partial charge in [-0.15, -0.1) is 0 Å². The molecule has 0 radical (unpaired) electrons. The van der Waals surface area contributed by atoms with Crippen molar-refractivity contribution < 1.29 is 37.7 Å². The smallest absolute Gasteiger partial charge is 0.252 e. The Balaban J connectivity index is 1.56. The van der Waals surface area contributed by atoms with Crippen molar-refractivity contribution in [2.45, 2.75) is 38.5 Å². The molecule has 1 aromatic rings. The van der Waals surface area contributed by atoms with Gasteiger partial charge in [-0.1, -0.05) is 0 Å². The van der Waals surface area contributed by atoms with Gasteiger partial charge in [-0.05, 0) is 19.8 Å². The lowest BCUT2D eigenvalue weighted by Crippen LogP contribution is -2.58. The van der Waals surface area contributed by atoms with Crippen molar-refractivity contribution >= 4 is 11.7 Å². The number of aliphatic hydroxyl groups excluding tert-OH is 2. The van der Waals surface area contributed by atoms with Crippen molar-refractivity contribution in [2.75, 3.05) is 13.2 Å². The van der Waals surface area contributed by atoms with Gasteiger partial charge in [-0.25, -0.2) is 13.2 Å². The van der Waals surface area contributed by atoms with Crippen LogP contribution in [0.25, 0.3) is 0 Å². The fourth-order valence-electron chi connectivity index (χ4n) is 4.29. The predicted molar refractivity (Wildman–Crippen MR) is 101 cm³/mol. The van der Waals surface area contributed by atoms with Crippen molar-refractivity contribution in [3.63, 3.8) is 0 Å². The molecule has 0 saturated carbocycles. The van der Waals surface area contributed by atoms with Crippen molar-refractivity contribution in [1.29, 1.82) is 0 Å². The quantitative estimate of drug-likeness (QED) is 0.666. The highest BCUT2D eigenvalue weighted by molar-refractivity contribution is 6.03. The van der Waals surface area contributed by atoms with Gasteiger partial charge >= 0.3 is 0 Å². The minimum absolute atomic E-state index is 0.0936. The number of piperidine rings is 1. The van der Waals surface area contributed by atoms with Crippen LogP contribution in [0.1, 0.15) is 25.3 Å². The first-order valence-electron chi connectivity index (χ1n) is 9.81. The summed E-state index contributed by atoms with van der Waals surface area (Å²) in [4.78, 5) is 27.0. The van der Waals surface area contributed by atoms with E-state index in [0.717, 1.165) is 0 Å². The second-order valence-electron chi connectivity index (χ2n) is 8.11. The molecule has 0 bridgehead atoms. The Labute approximate surface area is 175 Å². The Morgan fingerprint density at radius 2 is 2.00 bits per heavy atom. The number of carbonyl (C=O) groups excluding carboxylic acids is 2. The number of hydrogen-bond donors (Lipinski definition) is 3. The van der Waals surface area contributed by atoms with Crippen LogP contribution in [0.5, 0.6) is 0 Å². The summed E-state index contributed by atoms with van der Waals surface area (Å²) in [5, 5.41) is 23.2. The molecule has 3 atom stereocenters. The van der Waals surface area contributed by atoms with Crippen molar-refractivity contribution in [3.05, 3.63) is 58.4 Å². The van der Waals surface area contributed by atoms with Crippen LogP contribution in [0.15, 0.2) is 35.4 Å². The number of nitrogens with one attached hydrogen (secondary N) is 1. The number of hydrogen-bond acceptors (Lipinski definition) is 6. The molecule has 3 N–H and O–H groups in total. The summed E-state index contributed by atoms with van der Waals surface area (Å²) in [6.07, 6.45) is 0.242. The number of Topliss-reactive ketones (excluding diaryl/α,β-unsaturated/α-hetero) is 1. The van der Waals surface area contributed by atoms with Gasteiger partial charge in [0.05, 0.1) is 23.6 Å². The molecular formula is C21H21F3N2O5. The maximum Gasteiger partial charge on any atom is 0.252 e. The first kappa shape index (κ1) is 21.4. The molecule has 3 heterocycles. The summed E-state index contributed by atoms with van der Waals surface area (Å²) in [5.41, 5.74) is -1.80. The molecule has 0 aromatic heterocycles. The Kier molecular flexibility index (Phi) is 5.30. The minimum atomic E-state index is -1.79. The maximum absolute atomic E-state index is 13.8. The molecule has 2 saturated heterocycles. The van der Waals surface area contributed by atoms with Crippen LogP contribution in [0.3, 0.4) is 0 Å². The van der Waals surface area contributed by atoms with E-state index in [0.29, 0.717) is 31.6 Å². The van der Waals surface area contributed by atoms with Gasteiger partial charge in [0.15, 0.2) is 11.5 Å². The van der Waals surface area contributed by atoms with E-state index in [-0.39, 0.29) is 23.6 Å². The Bertz CT molecular complexity index is 1000. The third kappa shape index (κ3) is 3.49. The summed E-state index contributed by atoms with van der Waals surface area (Å²) < 4.78 is 46.4. The van der Waals surface area contributed by atoms with E-state index in [4.69, 9.17) is 4.74 Å². The zero-order valence-corrected chi connectivity index (χ0v) is 16.6. The van der Waals surface area contributed by atoms with E-state index in [2.05, 4.69) is 5.32 Å². The summed E-state index contributed by atoms with van der Waals surface area (Å²) in [7, 11) is 0. The van der Waals surface area contributed by atoms with Gasteiger partial charge in [0.1, 0.15) is 29.3 Å². The number of allylic oxidation sites excluding steroid dienone is 1. The van der Waals surface area contributed by atoms with E-state index < -0.39 is 58.8 Å². The fraction of sp³-hybridized carbons (Fsp3) is 0.429. The molecule has 166 valence electrons. The van der Waals surface area contributed by atoms with Crippen LogP contribution >= 0.6 is 0 Å². The number of amides is 1. The second kappa shape index (κ2) is 7.69. The summed E-state index contributed by atoms with van der Waals surface area (Å²) >= 11 is 0. The molecule has 1 aromatic carbocycles. The van der Waals surface area contributed by atoms with Crippen molar-refractivity contribution in [2.24, 2.45) is 5.41 Å². The molecule has 1 unspecified atom stereocenters. The standard InChI is InChI=1S/C21H21F3N2O5/c1-21-3-2-4-31-15(21)9-26-8-12(17(27)18(28)16(26)19(21)29)20(30)25-7-11-13(23)5-10(22)6-14(11)24/h5-6,8,15,17,27-28H,2-4,7,9H2,1H3,(H,25,30)/t15-,17?,21-/m1/s1. The Morgan fingerprint density at radius 3 is 2.68 bits per heavy atom. The van der Waals surface area contributed by atoms with Gasteiger partial charge in [0.2, 0.25) is 0 Å². The van der Waals surface area contributed by atoms with Crippen molar-refractivity contribution in [1.82, 2.24) is 10.2 Å². The van der Waals surface area contributed by atoms with Crippen LogP contribution in [-0.4, -0.2) is 52.2 Å². The number of halogens is 3. The second-order valence-corrected chi connectivity index (χ2v) is 8.11. The van der Waals surface area contributed by atoms with Gasteiger partial charge in [0.25, 0.3) is 5.91 Å². The number of ether oxygens (including phenoxy) is 1. The van der Waals surface area contributed by atoms with Crippen LogP contribution in [0, 0.1) is 22.9 Å². The molecule has 4 rings (SSSR count). The first-order valence-corrected chi connectivity index (χ1v) is 9.81. The van der Waals surface area contributed by atoms with Crippen molar-refractivity contribution in [3.8, 4) is 0 Å². The average molecular weight is 438 g/mol. The van der Waals surface area contributed by atoms with E-state index in [1.807, 2.05) is 0 Å². The number of rotatable bonds is 3. The van der Waals surface area contributed by atoms with Crippen LogP contribution in [0.4, 0.5) is 13.2 Å². The average Bonchev–Trinajstić information content (AvgIpc) is 2.70. The van der Waals surface area contributed by atoms with Gasteiger partial charge in [-0.3, -0.25) is 9.59 Å². The molecule has 1 amide bonds. The summed E-state index contributed by atoms with van der Waals surface area (Å²) in [5.74, 6) is -5.39.